The summed E-state index contributed by atoms with van der Waals surface area (Å²) in [7, 11) is 0. The number of nitrogens with zero attached hydrogens (tertiary/aromatic N) is 1. The van der Waals surface area contributed by atoms with E-state index >= 15 is 0 Å². The van der Waals surface area contributed by atoms with Crippen LogP contribution < -0.4 is 4.74 Å². The molecule has 0 aliphatic heterocycles. The maximum Gasteiger partial charge on any atom is 0.150 e. The molecular weight excluding hydrogens is 238 g/mol. The van der Waals surface area contributed by atoms with Crippen LogP contribution in [0.3, 0.4) is 0 Å². The summed E-state index contributed by atoms with van der Waals surface area (Å²) in [4.78, 5) is 10.7. The number of hydrogen-bond acceptors (Lipinski definition) is 3. The first kappa shape index (κ1) is 12.8. The van der Waals surface area contributed by atoms with Crippen LogP contribution in [0.25, 0.3) is 0 Å². The summed E-state index contributed by atoms with van der Waals surface area (Å²) in [6.07, 6.45) is 1.21. The number of carbonyl (C=O) groups is 1. The van der Waals surface area contributed by atoms with Gasteiger partial charge < -0.3 is 4.74 Å². The van der Waals surface area contributed by atoms with Gasteiger partial charge in [0.1, 0.15) is 17.8 Å². The summed E-state index contributed by atoms with van der Waals surface area (Å²) in [6.45, 7) is 1.90. The highest BCUT2D eigenvalue weighted by molar-refractivity contribution is 5.75. The number of aryl methyl sites for hydroxylation is 1. The fourth-order valence-corrected chi connectivity index (χ4v) is 1.75. The van der Waals surface area contributed by atoms with Crippen LogP contribution in [0.2, 0.25) is 0 Å². The molecule has 0 bridgehead atoms. The van der Waals surface area contributed by atoms with Gasteiger partial charge in [-0.3, -0.25) is 4.79 Å². The minimum absolute atomic E-state index is 0.396. The topological polar surface area (TPSA) is 50.1 Å². The molecular formula is C16H13NO2. The predicted molar refractivity (Wildman–Crippen MR) is 72.4 cm³/mol. The molecule has 19 heavy (non-hydrogen) atoms. The number of nitriles is 1. The second-order valence-corrected chi connectivity index (χ2v) is 4.22. The Labute approximate surface area is 112 Å². The lowest BCUT2D eigenvalue weighted by Crippen LogP contribution is -1.90. The first-order valence-electron chi connectivity index (χ1n) is 5.92. The molecule has 0 aliphatic carbocycles. The summed E-state index contributed by atoms with van der Waals surface area (Å²) in [5, 5.41) is 8.60. The molecule has 0 radical (unpaired) electrons. The van der Waals surface area contributed by atoms with Crippen molar-refractivity contribution < 1.29 is 9.53 Å². The van der Waals surface area contributed by atoms with Gasteiger partial charge in [-0.2, -0.15) is 5.26 Å². The van der Waals surface area contributed by atoms with E-state index in [1.807, 2.05) is 31.2 Å². The summed E-state index contributed by atoms with van der Waals surface area (Å²) in [5.41, 5.74) is 2.50. The number of carbonyl (C=O) groups excluding carboxylic acids is 1. The van der Waals surface area contributed by atoms with Gasteiger partial charge in [-0.15, -0.1) is 0 Å². The zero-order valence-corrected chi connectivity index (χ0v) is 10.6. The summed E-state index contributed by atoms with van der Waals surface area (Å²) >= 11 is 0. The van der Waals surface area contributed by atoms with Crippen LogP contribution in [0.1, 0.15) is 21.5 Å². The maximum absolute atomic E-state index is 10.7. The van der Waals surface area contributed by atoms with Crippen LogP contribution >= 0.6 is 0 Å². The van der Waals surface area contributed by atoms with Crippen molar-refractivity contribution in [2.45, 2.75) is 13.3 Å². The third-order valence-corrected chi connectivity index (χ3v) is 2.77. The molecule has 0 spiro atoms. The number of ether oxygens (including phenoxy) is 1. The van der Waals surface area contributed by atoms with Crippen LogP contribution in [0.4, 0.5) is 0 Å². The van der Waals surface area contributed by atoms with Crippen LogP contribution in [0.15, 0.2) is 42.5 Å². The minimum Gasteiger partial charge on any atom is -0.457 e. The Morgan fingerprint density at radius 3 is 2.53 bits per heavy atom. The normalized spacial score (nSPS) is 9.68. The van der Waals surface area contributed by atoms with Crippen molar-refractivity contribution in [3.8, 4) is 17.6 Å². The molecule has 2 aromatic rings. The van der Waals surface area contributed by atoms with E-state index in [4.69, 9.17) is 10.00 Å². The van der Waals surface area contributed by atoms with E-state index < -0.39 is 0 Å². The average molecular weight is 251 g/mol. The highest BCUT2D eigenvalue weighted by atomic mass is 16.5. The third kappa shape index (κ3) is 3.20. The lowest BCUT2D eigenvalue weighted by Gasteiger charge is -2.09. The quantitative estimate of drug-likeness (QED) is 0.779. The second kappa shape index (κ2) is 5.83. The van der Waals surface area contributed by atoms with Gasteiger partial charge in [0.05, 0.1) is 12.5 Å². The Bertz CT molecular complexity index is 624. The van der Waals surface area contributed by atoms with E-state index in [-0.39, 0.29) is 0 Å². The monoisotopic (exact) mass is 251 g/mol. The van der Waals surface area contributed by atoms with Gasteiger partial charge in [0, 0.05) is 5.56 Å². The summed E-state index contributed by atoms with van der Waals surface area (Å²) in [6, 6.07) is 14.8. The van der Waals surface area contributed by atoms with E-state index in [0.717, 1.165) is 23.2 Å². The highest BCUT2D eigenvalue weighted by Crippen LogP contribution is 2.25. The number of rotatable bonds is 4. The zero-order chi connectivity index (χ0) is 13.7. The predicted octanol–water partition coefficient (Wildman–Crippen LogP) is 3.67. The minimum atomic E-state index is 0.396. The van der Waals surface area contributed by atoms with E-state index in [1.165, 1.54) is 0 Å². The molecule has 2 rings (SSSR count). The molecule has 94 valence electrons. The van der Waals surface area contributed by atoms with Crippen molar-refractivity contribution in [2.75, 3.05) is 0 Å². The first-order chi connectivity index (χ1) is 9.22. The summed E-state index contributed by atoms with van der Waals surface area (Å²) < 4.78 is 5.74. The van der Waals surface area contributed by atoms with Gasteiger partial charge in [0.25, 0.3) is 0 Å². The van der Waals surface area contributed by atoms with Gasteiger partial charge in [-0.1, -0.05) is 12.1 Å². The molecule has 0 atom stereocenters. The summed E-state index contributed by atoms with van der Waals surface area (Å²) in [5.74, 6) is 1.43. The fraction of sp³-hybridized carbons (Fsp3) is 0.125. The molecule has 0 aliphatic rings. The molecule has 0 aromatic heterocycles. The molecule has 0 unspecified atom stereocenters. The van der Waals surface area contributed by atoms with E-state index in [1.54, 1.807) is 18.2 Å². The van der Waals surface area contributed by atoms with Gasteiger partial charge in [-0.05, 0) is 48.4 Å². The number of aldehydes is 1. The van der Waals surface area contributed by atoms with Crippen molar-refractivity contribution in [1.82, 2.24) is 0 Å². The first-order valence-corrected chi connectivity index (χ1v) is 5.92. The Hall–Kier alpha value is -2.60. The van der Waals surface area contributed by atoms with Crippen molar-refractivity contribution in [3.05, 3.63) is 59.2 Å². The van der Waals surface area contributed by atoms with Crippen molar-refractivity contribution in [2.24, 2.45) is 0 Å². The van der Waals surface area contributed by atoms with E-state index in [2.05, 4.69) is 6.07 Å². The molecule has 0 saturated carbocycles. The SMILES string of the molecule is Cc1cc(C=O)ccc1Oc1ccc(CC#N)cc1. The van der Waals surface area contributed by atoms with E-state index in [0.29, 0.717) is 17.7 Å². The fourth-order valence-electron chi connectivity index (χ4n) is 1.75. The maximum atomic E-state index is 10.7. The van der Waals surface area contributed by atoms with Crippen molar-refractivity contribution in [3.63, 3.8) is 0 Å². The Morgan fingerprint density at radius 1 is 1.21 bits per heavy atom. The lowest BCUT2D eigenvalue weighted by molar-refractivity contribution is 0.112. The molecule has 0 amide bonds. The van der Waals surface area contributed by atoms with Crippen LogP contribution in [-0.2, 0) is 6.42 Å². The van der Waals surface area contributed by atoms with Crippen molar-refractivity contribution in [1.29, 1.82) is 5.26 Å². The molecule has 0 fully saturated rings. The molecule has 0 heterocycles. The van der Waals surface area contributed by atoms with Crippen LogP contribution in [0.5, 0.6) is 11.5 Å². The Morgan fingerprint density at radius 2 is 1.95 bits per heavy atom. The van der Waals surface area contributed by atoms with E-state index in [9.17, 15) is 4.79 Å². The smallest absolute Gasteiger partial charge is 0.150 e. The Balaban J connectivity index is 2.17. The molecule has 3 heteroatoms. The molecule has 0 saturated heterocycles. The van der Waals surface area contributed by atoms with Gasteiger partial charge in [0.15, 0.2) is 0 Å². The Kier molecular flexibility index (Phi) is 3.94. The zero-order valence-electron chi connectivity index (χ0n) is 10.6. The van der Waals surface area contributed by atoms with Crippen molar-refractivity contribution >= 4 is 6.29 Å². The molecule has 2 aromatic carbocycles. The van der Waals surface area contributed by atoms with Crippen LogP contribution in [-0.4, -0.2) is 6.29 Å². The molecule has 3 nitrogen and oxygen atoms in total. The largest absolute Gasteiger partial charge is 0.457 e. The lowest BCUT2D eigenvalue weighted by atomic mass is 10.1. The van der Waals surface area contributed by atoms with Gasteiger partial charge in [-0.25, -0.2) is 0 Å². The van der Waals surface area contributed by atoms with Crippen LogP contribution in [0, 0.1) is 18.3 Å². The molecule has 0 N–H and O–H groups in total. The third-order valence-electron chi connectivity index (χ3n) is 2.77. The average Bonchev–Trinajstić information content (AvgIpc) is 2.43. The standard InChI is InChI=1S/C16H13NO2/c1-12-10-14(11-18)4-7-16(12)19-15-5-2-13(3-6-15)8-9-17/h2-7,10-11H,8H2,1H3. The number of benzene rings is 2. The highest BCUT2D eigenvalue weighted by Gasteiger charge is 2.03. The second-order valence-electron chi connectivity index (χ2n) is 4.22. The number of hydrogen-bond donors (Lipinski definition) is 0. The van der Waals surface area contributed by atoms with Gasteiger partial charge >= 0.3 is 0 Å². The van der Waals surface area contributed by atoms with Gasteiger partial charge in [0.2, 0.25) is 0 Å².